The zero-order valence-corrected chi connectivity index (χ0v) is 11.8. The second-order valence-electron chi connectivity index (χ2n) is 5.01. The molecule has 0 aliphatic heterocycles. The minimum atomic E-state index is 0.222. The first-order chi connectivity index (χ1) is 8.97. The molecule has 2 N–H and O–H groups in total. The molecule has 0 bridgehead atoms. The third kappa shape index (κ3) is 3.02. The fourth-order valence-electron chi connectivity index (χ4n) is 1.85. The van der Waals surface area contributed by atoms with Crippen LogP contribution < -0.4 is 10.5 Å². The molecule has 2 rings (SSSR count). The van der Waals surface area contributed by atoms with E-state index in [1.807, 2.05) is 19.9 Å². The monoisotopic (exact) mass is 257 g/mol. The summed E-state index contributed by atoms with van der Waals surface area (Å²) in [5.41, 5.74) is 8.78. The number of hydrogen-bond donors (Lipinski definition) is 1. The maximum atomic E-state index is 5.93. The Labute approximate surface area is 113 Å². The van der Waals surface area contributed by atoms with E-state index in [0.717, 1.165) is 22.4 Å². The molecule has 0 spiro atoms. The average Bonchev–Trinajstić information content (AvgIpc) is 2.33. The van der Waals surface area contributed by atoms with Crippen molar-refractivity contribution >= 4 is 5.95 Å². The Morgan fingerprint density at radius 1 is 1.21 bits per heavy atom. The average molecular weight is 257 g/mol. The van der Waals surface area contributed by atoms with Gasteiger partial charge in [0.1, 0.15) is 5.75 Å². The first kappa shape index (κ1) is 13.3. The van der Waals surface area contributed by atoms with Gasteiger partial charge in [0.25, 0.3) is 0 Å². The zero-order valence-electron chi connectivity index (χ0n) is 11.8. The number of benzene rings is 1. The van der Waals surface area contributed by atoms with Gasteiger partial charge >= 0.3 is 0 Å². The Morgan fingerprint density at radius 3 is 2.63 bits per heavy atom. The molecule has 0 amide bonds. The molecule has 0 atom stereocenters. The minimum absolute atomic E-state index is 0.222. The van der Waals surface area contributed by atoms with Gasteiger partial charge in [0, 0.05) is 11.8 Å². The fourth-order valence-corrected chi connectivity index (χ4v) is 1.85. The Kier molecular flexibility index (Phi) is 3.69. The van der Waals surface area contributed by atoms with Crippen LogP contribution in [-0.4, -0.2) is 9.97 Å². The van der Waals surface area contributed by atoms with E-state index in [-0.39, 0.29) is 5.95 Å². The quantitative estimate of drug-likeness (QED) is 0.912. The van der Waals surface area contributed by atoms with Crippen LogP contribution in [-0.2, 0) is 0 Å². The second-order valence-corrected chi connectivity index (χ2v) is 5.01. The summed E-state index contributed by atoms with van der Waals surface area (Å²) >= 11 is 0. The number of nitrogens with two attached hydrogens (primary N) is 1. The summed E-state index contributed by atoms with van der Waals surface area (Å²) in [6.45, 7) is 8.22. The lowest BCUT2D eigenvalue weighted by atomic mass is 10.0. The Hall–Kier alpha value is -2.10. The van der Waals surface area contributed by atoms with Gasteiger partial charge < -0.3 is 10.5 Å². The van der Waals surface area contributed by atoms with Gasteiger partial charge in [-0.05, 0) is 37.0 Å². The highest BCUT2D eigenvalue weighted by Crippen LogP contribution is 2.31. The summed E-state index contributed by atoms with van der Waals surface area (Å²) in [7, 11) is 0. The predicted octanol–water partition coefficient (Wildman–Crippen LogP) is 3.59. The second kappa shape index (κ2) is 5.26. The van der Waals surface area contributed by atoms with Crippen molar-refractivity contribution in [2.45, 2.75) is 33.6 Å². The van der Waals surface area contributed by atoms with E-state index in [1.54, 1.807) is 6.20 Å². The largest absolute Gasteiger partial charge is 0.438 e. The first-order valence-corrected chi connectivity index (χ1v) is 6.35. The topological polar surface area (TPSA) is 61.0 Å². The molecule has 0 unspecified atom stereocenters. The molecule has 4 heteroatoms. The third-order valence-electron chi connectivity index (χ3n) is 2.94. The Bertz CT molecular complexity index is 594. The van der Waals surface area contributed by atoms with Crippen LogP contribution in [0.5, 0.6) is 11.6 Å². The molecule has 4 nitrogen and oxygen atoms in total. The molecule has 19 heavy (non-hydrogen) atoms. The number of anilines is 1. The van der Waals surface area contributed by atoms with Gasteiger partial charge in [0.05, 0.1) is 0 Å². The highest BCUT2D eigenvalue weighted by molar-refractivity contribution is 5.42. The smallest absolute Gasteiger partial charge is 0.226 e. The molecular formula is C15H19N3O. The Morgan fingerprint density at radius 2 is 1.95 bits per heavy atom. The molecule has 0 fully saturated rings. The minimum Gasteiger partial charge on any atom is -0.438 e. The van der Waals surface area contributed by atoms with Crippen molar-refractivity contribution in [2.75, 3.05) is 5.73 Å². The van der Waals surface area contributed by atoms with Crippen molar-refractivity contribution in [3.8, 4) is 11.6 Å². The van der Waals surface area contributed by atoms with Crippen molar-refractivity contribution in [2.24, 2.45) is 0 Å². The summed E-state index contributed by atoms with van der Waals surface area (Å²) < 4.78 is 5.93. The van der Waals surface area contributed by atoms with Crippen LogP contribution in [0.2, 0.25) is 0 Å². The third-order valence-corrected chi connectivity index (χ3v) is 2.94. The van der Waals surface area contributed by atoms with Gasteiger partial charge in [0.2, 0.25) is 11.8 Å². The van der Waals surface area contributed by atoms with Gasteiger partial charge in [-0.25, -0.2) is 4.98 Å². The maximum Gasteiger partial charge on any atom is 0.226 e. The van der Waals surface area contributed by atoms with Crippen LogP contribution in [0.1, 0.15) is 36.5 Å². The van der Waals surface area contributed by atoms with E-state index in [9.17, 15) is 0 Å². The van der Waals surface area contributed by atoms with Crippen molar-refractivity contribution in [3.63, 3.8) is 0 Å². The van der Waals surface area contributed by atoms with E-state index >= 15 is 0 Å². The number of aromatic nitrogens is 2. The van der Waals surface area contributed by atoms with Crippen molar-refractivity contribution in [1.82, 2.24) is 9.97 Å². The van der Waals surface area contributed by atoms with E-state index in [2.05, 4.69) is 35.9 Å². The summed E-state index contributed by atoms with van der Waals surface area (Å²) in [4.78, 5) is 8.09. The number of aryl methyl sites for hydroxylation is 2. The number of rotatable bonds is 3. The standard InChI is InChI=1S/C15H19N3O/c1-9(2)12-6-5-10(3)7-13(12)19-14-11(4)8-17-15(16)18-14/h5-9H,1-4H3,(H2,16,17,18). The highest BCUT2D eigenvalue weighted by atomic mass is 16.5. The van der Waals surface area contributed by atoms with Gasteiger partial charge in [-0.1, -0.05) is 26.0 Å². The van der Waals surface area contributed by atoms with Crippen LogP contribution in [0, 0.1) is 13.8 Å². The summed E-state index contributed by atoms with van der Waals surface area (Å²) in [5, 5.41) is 0. The van der Waals surface area contributed by atoms with E-state index in [4.69, 9.17) is 10.5 Å². The SMILES string of the molecule is Cc1ccc(C(C)C)c(Oc2nc(N)ncc2C)c1. The fraction of sp³-hybridized carbons (Fsp3) is 0.333. The van der Waals surface area contributed by atoms with E-state index < -0.39 is 0 Å². The maximum absolute atomic E-state index is 5.93. The van der Waals surface area contributed by atoms with Gasteiger partial charge in [-0.2, -0.15) is 4.98 Å². The molecule has 1 heterocycles. The summed E-state index contributed by atoms with van der Waals surface area (Å²) in [6, 6.07) is 6.20. The molecule has 0 saturated heterocycles. The van der Waals surface area contributed by atoms with Crippen LogP contribution in [0.4, 0.5) is 5.95 Å². The van der Waals surface area contributed by atoms with E-state index in [0.29, 0.717) is 11.8 Å². The zero-order chi connectivity index (χ0) is 14.0. The number of ether oxygens (including phenoxy) is 1. The molecule has 0 aliphatic rings. The number of hydrogen-bond acceptors (Lipinski definition) is 4. The highest BCUT2D eigenvalue weighted by Gasteiger charge is 2.11. The lowest BCUT2D eigenvalue weighted by Gasteiger charge is -2.15. The van der Waals surface area contributed by atoms with Crippen molar-refractivity contribution in [1.29, 1.82) is 0 Å². The predicted molar refractivity (Wildman–Crippen MR) is 76.5 cm³/mol. The molecule has 1 aromatic heterocycles. The van der Waals surface area contributed by atoms with Gasteiger partial charge in [-0.15, -0.1) is 0 Å². The molecule has 2 aromatic rings. The molecule has 0 radical (unpaired) electrons. The van der Waals surface area contributed by atoms with E-state index in [1.165, 1.54) is 0 Å². The molecule has 0 saturated carbocycles. The van der Waals surface area contributed by atoms with Gasteiger partial charge in [0.15, 0.2) is 0 Å². The van der Waals surface area contributed by atoms with Gasteiger partial charge in [-0.3, -0.25) is 0 Å². The van der Waals surface area contributed by atoms with Crippen LogP contribution >= 0.6 is 0 Å². The van der Waals surface area contributed by atoms with Crippen molar-refractivity contribution in [3.05, 3.63) is 41.1 Å². The molecule has 100 valence electrons. The first-order valence-electron chi connectivity index (χ1n) is 6.35. The number of nitrogen functional groups attached to an aromatic ring is 1. The molecule has 1 aromatic carbocycles. The van der Waals surface area contributed by atoms with Crippen LogP contribution in [0.15, 0.2) is 24.4 Å². The normalized spacial score (nSPS) is 10.8. The molecule has 0 aliphatic carbocycles. The lowest BCUT2D eigenvalue weighted by molar-refractivity contribution is 0.450. The van der Waals surface area contributed by atoms with Crippen LogP contribution in [0.25, 0.3) is 0 Å². The number of nitrogens with zero attached hydrogens (tertiary/aromatic N) is 2. The van der Waals surface area contributed by atoms with Crippen molar-refractivity contribution < 1.29 is 4.74 Å². The molecular weight excluding hydrogens is 238 g/mol. The Balaban J connectivity index is 2.42. The lowest BCUT2D eigenvalue weighted by Crippen LogP contribution is -2.01. The van der Waals surface area contributed by atoms with Crippen LogP contribution in [0.3, 0.4) is 0 Å². The summed E-state index contributed by atoms with van der Waals surface area (Å²) in [6.07, 6.45) is 1.67. The summed E-state index contributed by atoms with van der Waals surface area (Å²) in [5.74, 6) is 1.95.